The molecule has 0 fully saturated rings. The second-order valence-electron chi connectivity index (χ2n) is 14.8. The van der Waals surface area contributed by atoms with Gasteiger partial charge in [0.25, 0.3) is 0 Å². The smallest absolute Gasteiger partial charge is 0.0465 e. The summed E-state index contributed by atoms with van der Waals surface area (Å²) in [6.45, 7) is 9.37. The Hall–Kier alpha value is -4.10. The average molecular weight is 646 g/mol. The van der Waals surface area contributed by atoms with Crippen molar-refractivity contribution >= 4 is 17.1 Å². The molecule has 0 saturated heterocycles. The number of fused-ring (bicyclic) bond motifs is 6. The highest BCUT2D eigenvalue weighted by Gasteiger charge is 2.44. The Bertz CT molecular complexity index is 1750. The summed E-state index contributed by atoms with van der Waals surface area (Å²) in [6, 6.07) is 44.5. The standard InChI is InChI=1S/C48H55N/c1-5-9-30-47(31-10-6-2)43-24-18-16-22-39(43)41-28-26-37(34-45(41)47)49(36-20-14-13-15-21-36)38-27-29-42-40-23-17-19-25-44(40)48(32-11-7-3,33-12-8-4)46(42)35-38/h13-29,34-35H,5-12,30-33H2,1-4H3. The Morgan fingerprint density at radius 2 is 0.735 bits per heavy atom. The lowest BCUT2D eigenvalue weighted by atomic mass is 9.70. The molecule has 0 spiro atoms. The highest BCUT2D eigenvalue weighted by Crippen LogP contribution is 2.57. The van der Waals surface area contributed by atoms with Gasteiger partial charge in [0.15, 0.2) is 0 Å². The molecular weight excluding hydrogens is 591 g/mol. The molecule has 5 aromatic carbocycles. The van der Waals surface area contributed by atoms with Crippen LogP contribution in [0, 0.1) is 0 Å². The first-order valence-electron chi connectivity index (χ1n) is 19.5. The van der Waals surface area contributed by atoms with Crippen molar-refractivity contribution in [2.24, 2.45) is 0 Å². The van der Waals surface area contributed by atoms with Crippen LogP contribution in [0.4, 0.5) is 17.1 Å². The number of hydrogen-bond acceptors (Lipinski definition) is 1. The molecule has 1 nitrogen and oxygen atoms in total. The molecule has 0 heterocycles. The summed E-state index contributed by atoms with van der Waals surface area (Å²) in [7, 11) is 0. The topological polar surface area (TPSA) is 3.24 Å². The van der Waals surface area contributed by atoms with Crippen LogP contribution in [0.25, 0.3) is 22.3 Å². The highest BCUT2D eigenvalue weighted by molar-refractivity contribution is 5.88. The minimum atomic E-state index is 0.0609. The molecule has 1 heteroatoms. The van der Waals surface area contributed by atoms with E-state index in [9.17, 15) is 0 Å². The third-order valence-corrected chi connectivity index (χ3v) is 11.9. The average Bonchev–Trinajstić information content (AvgIpc) is 3.58. The van der Waals surface area contributed by atoms with Crippen LogP contribution >= 0.6 is 0 Å². The van der Waals surface area contributed by atoms with Gasteiger partial charge in [0.2, 0.25) is 0 Å². The molecule has 0 N–H and O–H groups in total. The number of unbranched alkanes of at least 4 members (excludes halogenated alkanes) is 4. The first-order chi connectivity index (χ1) is 24.1. The third-order valence-electron chi connectivity index (χ3n) is 11.9. The van der Waals surface area contributed by atoms with Crippen molar-refractivity contribution in [3.63, 3.8) is 0 Å². The number of hydrogen-bond donors (Lipinski definition) is 0. The van der Waals surface area contributed by atoms with Crippen LogP contribution in [0.3, 0.4) is 0 Å². The maximum Gasteiger partial charge on any atom is 0.0465 e. The molecule has 0 radical (unpaired) electrons. The fourth-order valence-electron chi connectivity index (χ4n) is 9.43. The second-order valence-corrected chi connectivity index (χ2v) is 14.8. The van der Waals surface area contributed by atoms with Gasteiger partial charge in [-0.2, -0.15) is 0 Å². The van der Waals surface area contributed by atoms with Crippen LogP contribution in [0.2, 0.25) is 0 Å². The predicted molar refractivity (Wildman–Crippen MR) is 212 cm³/mol. The monoisotopic (exact) mass is 645 g/mol. The Balaban J connectivity index is 1.42. The van der Waals surface area contributed by atoms with Gasteiger partial charge < -0.3 is 4.90 Å². The zero-order chi connectivity index (χ0) is 33.8. The minimum Gasteiger partial charge on any atom is -0.310 e. The number of anilines is 3. The van der Waals surface area contributed by atoms with Gasteiger partial charge >= 0.3 is 0 Å². The van der Waals surface area contributed by atoms with Crippen LogP contribution in [0.5, 0.6) is 0 Å². The van der Waals surface area contributed by atoms with E-state index in [-0.39, 0.29) is 10.8 Å². The number of rotatable bonds is 15. The van der Waals surface area contributed by atoms with Crippen molar-refractivity contribution in [1.29, 1.82) is 0 Å². The van der Waals surface area contributed by atoms with E-state index in [1.165, 1.54) is 127 Å². The summed E-state index contributed by atoms with van der Waals surface area (Å²) >= 11 is 0. The van der Waals surface area contributed by atoms with Crippen LogP contribution in [0.15, 0.2) is 115 Å². The predicted octanol–water partition coefficient (Wildman–Crippen LogP) is 14.5. The molecule has 0 bridgehead atoms. The molecule has 0 unspecified atom stereocenters. The summed E-state index contributed by atoms with van der Waals surface area (Å²) < 4.78 is 0. The van der Waals surface area contributed by atoms with E-state index in [0.29, 0.717) is 0 Å². The Labute approximate surface area is 296 Å². The van der Waals surface area contributed by atoms with Crippen molar-refractivity contribution in [1.82, 2.24) is 0 Å². The van der Waals surface area contributed by atoms with Gasteiger partial charge in [0.05, 0.1) is 0 Å². The maximum absolute atomic E-state index is 2.58. The SMILES string of the molecule is CCCCC1(CCCC)c2ccccc2-c2ccc(N(c3ccccc3)c3ccc4c(c3)C(CCCC)(CCCC)c3ccccc3-4)cc21. The normalized spacial score (nSPS) is 14.6. The fourth-order valence-corrected chi connectivity index (χ4v) is 9.43. The number of para-hydroxylation sites is 1. The van der Waals surface area contributed by atoms with Crippen LogP contribution in [0.1, 0.15) is 127 Å². The van der Waals surface area contributed by atoms with E-state index in [2.05, 4.69) is 148 Å². The molecule has 252 valence electrons. The molecule has 0 saturated carbocycles. The lowest BCUT2D eigenvalue weighted by Crippen LogP contribution is -2.26. The van der Waals surface area contributed by atoms with E-state index in [1.807, 2.05) is 0 Å². The quantitative estimate of drug-likeness (QED) is 0.109. The van der Waals surface area contributed by atoms with Gasteiger partial charge in [0, 0.05) is 27.9 Å². The zero-order valence-corrected chi connectivity index (χ0v) is 30.4. The van der Waals surface area contributed by atoms with Crippen molar-refractivity contribution < 1.29 is 0 Å². The van der Waals surface area contributed by atoms with Gasteiger partial charge in [-0.15, -0.1) is 0 Å². The summed E-state index contributed by atoms with van der Waals surface area (Å²) in [5.74, 6) is 0. The summed E-state index contributed by atoms with van der Waals surface area (Å²) in [6.07, 6.45) is 14.7. The van der Waals surface area contributed by atoms with Gasteiger partial charge in [-0.05, 0) is 107 Å². The van der Waals surface area contributed by atoms with Crippen molar-refractivity contribution in [3.8, 4) is 22.3 Å². The van der Waals surface area contributed by atoms with Gasteiger partial charge in [-0.3, -0.25) is 0 Å². The molecular formula is C48H55N. The van der Waals surface area contributed by atoms with Crippen LogP contribution in [-0.4, -0.2) is 0 Å². The van der Waals surface area contributed by atoms with E-state index in [1.54, 1.807) is 11.1 Å². The zero-order valence-electron chi connectivity index (χ0n) is 30.4. The van der Waals surface area contributed by atoms with Gasteiger partial charge in [-0.25, -0.2) is 0 Å². The van der Waals surface area contributed by atoms with Crippen molar-refractivity contribution in [3.05, 3.63) is 138 Å². The van der Waals surface area contributed by atoms with Gasteiger partial charge in [-0.1, -0.05) is 158 Å². The second kappa shape index (κ2) is 14.4. The van der Waals surface area contributed by atoms with E-state index in [0.717, 1.165) is 0 Å². The molecule has 2 aliphatic rings. The van der Waals surface area contributed by atoms with Crippen LogP contribution in [-0.2, 0) is 10.8 Å². The molecule has 7 rings (SSSR count). The summed E-state index contributed by atoms with van der Waals surface area (Å²) in [4.78, 5) is 2.54. The molecule has 49 heavy (non-hydrogen) atoms. The maximum atomic E-state index is 2.58. The van der Waals surface area contributed by atoms with Crippen molar-refractivity contribution in [2.45, 2.75) is 116 Å². The summed E-state index contributed by atoms with van der Waals surface area (Å²) in [5.41, 5.74) is 15.8. The Morgan fingerprint density at radius 1 is 0.367 bits per heavy atom. The van der Waals surface area contributed by atoms with Gasteiger partial charge in [0.1, 0.15) is 0 Å². The first kappa shape index (κ1) is 33.4. The molecule has 0 aromatic heterocycles. The molecule has 5 aromatic rings. The number of benzene rings is 5. The molecule has 0 atom stereocenters. The minimum absolute atomic E-state index is 0.0609. The molecule has 0 amide bonds. The van der Waals surface area contributed by atoms with Crippen LogP contribution < -0.4 is 4.90 Å². The van der Waals surface area contributed by atoms with E-state index in [4.69, 9.17) is 0 Å². The number of nitrogens with zero attached hydrogens (tertiary/aromatic N) is 1. The largest absolute Gasteiger partial charge is 0.310 e. The summed E-state index contributed by atoms with van der Waals surface area (Å²) in [5, 5.41) is 0. The molecule has 0 aliphatic heterocycles. The van der Waals surface area contributed by atoms with E-state index < -0.39 is 0 Å². The van der Waals surface area contributed by atoms with Crippen molar-refractivity contribution in [2.75, 3.05) is 4.90 Å². The first-order valence-corrected chi connectivity index (χ1v) is 19.5. The molecule has 2 aliphatic carbocycles. The Morgan fingerprint density at radius 3 is 1.14 bits per heavy atom. The lowest BCUT2D eigenvalue weighted by Gasteiger charge is -2.35. The fraction of sp³-hybridized carbons (Fsp3) is 0.375. The lowest BCUT2D eigenvalue weighted by molar-refractivity contribution is 0.414. The van der Waals surface area contributed by atoms with E-state index >= 15 is 0 Å². The third kappa shape index (κ3) is 5.74. The Kier molecular flexibility index (Phi) is 9.82. The highest BCUT2D eigenvalue weighted by atomic mass is 15.1.